The Hall–Kier alpha value is -2.18. The van der Waals surface area contributed by atoms with Crippen LogP contribution in [0.3, 0.4) is 0 Å². The second-order valence-electron chi connectivity index (χ2n) is 6.53. The molecule has 0 aliphatic carbocycles. The van der Waals surface area contributed by atoms with Gasteiger partial charge in [0, 0.05) is 25.3 Å². The molecule has 1 saturated heterocycles. The van der Waals surface area contributed by atoms with Crippen molar-refractivity contribution in [1.29, 1.82) is 0 Å². The molecule has 0 saturated carbocycles. The van der Waals surface area contributed by atoms with Crippen molar-refractivity contribution >= 4 is 5.82 Å². The third-order valence-corrected chi connectivity index (χ3v) is 4.85. The van der Waals surface area contributed by atoms with E-state index in [1.165, 1.54) is 10.1 Å². The quantitative estimate of drug-likeness (QED) is 0.885. The highest BCUT2D eigenvalue weighted by atomic mass is 16.1. The molecule has 0 bridgehead atoms. The summed E-state index contributed by atoms with van der Waals surface area (Å²) in [4.78, 5) is 18.1. The summed E-state index contributed by atoms with van der Waals surface area (Å²) in [6.07, 6.45) is 3.84. The molecule has 0 radical (unpaired) electrons. The van der Waals surface area contributed by atoms with Gasteiger partial charge in [-0.1, -0.05) is 25.5 Å². The van der Waals surface area contributed by atoms with Crippen LogP contribution in [0.1, 0.15) is 25.3 Å². The Labute approximate surface area is 142 Å². The fourth-order valence-corrected chi connectivity index (χ4v) is 3.33. The van der Waals surface area contributed by atoms with Crippen molar-refractivity contribution < 1.29 is 0 Å². The number of anilines is 1. The van der Waals surface area contributed by atoms with Crippen LogP contribution in [0.25, 0.3) is 5.69 Å². The Morgan fingerprint density at radius 3 is 2.67 bits per heavy atom. The Balaban J connectivity index is 1.70. The van der Waals surface area contributed by atoms with Gasteiger partial charge in [-0.05, 0) is 42.6 Å². The van der Waals surface area contributed by atoms with E-state index in [-0.39, 0.29) is 11.5 Å². The number of benzene rings is 1. The third-order valence-electron chi connectivity index (χ3n) is 4.85. The molecule has 6 heteroatoms. The van der Waals surface area contributed by atoms with Gasteiger partial charge in [0.05, 0.1) is 5.69 Å². The molecule has 3 rings (SSSR count). The van der Waals surface area contributed by atoms with Crippen molar-refractivity contribution in [2.24, 2.45) is 11.7 Å². The number of hydrogen-bond acceptors (Lipinski definition) is 5. The second-order valence-corrected chi connectivity index (χ2v) is 6.53. The number of nitrogens with two attached hydrogens (primary N) is 2. The zero-order valence-corrected chi connectivity index (χ0v) is 14.1. The first-order chi connectivity index (χ1) is 11.6. The average molecular weight is 327 g/mol. The van der Waals surface area contributed by atoms with Gasteiger partial charge in [-0.3, -0.25) is 9.47 Å². The van der Waals surface area contributed by atoms with Crippen molar-refractivity contribution in [2.45, 2.75) is 32.4 Å². The first-order valence-corrected chi connectivity index (χ1v) is 8.49. The molecule has 6 nitrogen and oxygen atoms in total. The summed E-state index contributed by atoms with van der Waals surface area (Å²) in [6, 6.07) is 9.97. The first kappa shape index (κ1) is 16.7. The van der Waals surface area contributed by atoms with Gasteiger partial charge in [0.25, 0.3) is 0 Å². The standard InChI is InChI=1S/C18H25N5O/c1-2-14-12-22(9-7-16(14)19)11-13-3-5-15(6-4-13)23-10-8-17(20)21-18(23)24/h3-6,8,10,14,16H,2,7,9,11-12,19H2,1H3,(H2,20,21,24). The van der Waals surface area contributed by atoms with Crippen LogP contribution in [-0.2, 0) is 6.54 Å². The summed E-state index contributed by atoms with van der Waals surface area (Å²) < 4.78 is 1.49. The molecule has 1 aliphatic heterocycles. The van der Waals surface area contributed by atoms with Gasteiger partial charge in [0.2, 0.25) is 0 Å². The lowest BCUT2D eigenvalue weighted by Gasteiger charge is -2.36. The third kappa shape index (κ3) is 3.66. The fourth-order valence-electron chi connectivity index (χ4n) is 3.33. The molecule has 2 aromatic rings. The minimum absolute atomic E-state index is 0.238. The SMILES string of the molecule is CCC1CN(Cc2ccc(-n3ccc(N)nc3=O)cc2)CCC1N. The number of piperidine rings is 1. The Morgan fingerprint density at radius 2 is 2.00 bits per heavy atom. The van der Waals surface area contributed by atoms with E-state index in [0.29, 0.717) is 12.0 Å². The molecule has 2 atom stereocenters. The molecule has 1 aliphatic rings. The molecular formula is C18H25N5O. The molecular weight excluding hydrogens is 302 g/mol. The zero-order chi connectivity index (χ0) is 17.1. The molecule has 2 heterocycles. The van der Waals surface area contributed by atoms with Crippen LogP contribution >= 0.6 is 0 Å². The van der Waals surface area contributed by atoms with Gasteiger partial charge in [-0.15, -0.1) is 0 Å². The highest BCUT2D eigenvalue weighted by Gasteiger charge is 2.25. The maximum atomic E-state index is 11.9. The van der Waals surface area contributed by atoms with Crippen LogP contribution in [0, 0.1) is 5.92 Å². The van der Waals surface area contributed by atoms with E-state index in [9.17, 15) is 4.79 Å². The van der Waals surface area contributed by atoms with E-state index in [0.717, 1.165) is 38.2 Å². The van der Waals surface area contributed by atoms with Gasteiger partial charge < -0.3 is 11.5 Å². The number of likely N-dealkylation sites (tertiary alicyclic amines) is 1. The van der Waals surface area contributed by atoms with Gasteiger partial charge in [0.1, 0.15) is 5.82 Å². The van der Waals surface area contributed by atoms with Crippen molar-refractivity contribution in [3.63, 3.8) is 0 Å². The molecule has 2 unspecified atom stereocenters. The lowest BCUT2D eigenvalue weighted by molar-refractivity contribution is 0.145. The van der Waals surface area contributed by atoms with Gasteiger partial charge in [-0.25, -0.2) is 4.79 Å². The van der Waals surface area contributed by atoms with Crippen LogP contribution in [-0.4, -0.2) is 33.6 Å². The minimum atomic E-state index is -0.362. The van der Waals surface area contributed by atoms with Crippen LogP contribution in [0.4, 0.5) is 5.82 Å². The molecule has 1 fully saturated rings. The van der Waals surface area contributed by atoms with Crippen molar-refractivity contribution in [1.82, 2.24) is 14.5 Å². The highest BCUT2D eigenvalue weighted by Crippen LogP contribution is 2.20. The summed E-state index contributed by atoms with van der Waals surface area (Å²) in [7, 11) is 0. The summed E-state index contributed by atoms with van der Waals surface area (Å²) in [5, 5.41) is 0. The number of hydrogen-bond donors (Lipinski definition) is 2. The predicted octanol–water partition coefficient (Wildman–Crippen LogP) is 1.37. The van der Waals surface area contributed by atoms with E-state index in [2.05, 4.69) is 28.9 Å². The van der Waals surface area contributed by atoms with Crippen molar-refractivity contribution in [3.05, 3.63) is 52.6 Å². The highest BCUT2D eigenvalue weighted by molar-refractivity contribution is 5.36. The van der Waals surface area contributed by atoms with E-state index in [1.807, 2.05) is 12.1 Å². The summed E-state index contributed by atoms with van der Waals surface area (Å²) >= 11 is 0. The molecule has 128 valence electrons. The number of rotatable bonds is 4. The first-order valence-electron chi connectivity index (χ1n) is 8.49. The Kier molecular flexibility index (Phi) is 4.97. The molecule has 4 N–H and O–H groups in total. The normalized spacial score (nSPS) is 21.8. The van der Waals surface area contributed by atoms with Crippen molar-refractivity contribution in [3.8, 4) is 5.69 Å². The van der Waals surface area contributed by atoms with Crippen molar-refractivity contribution in [2.75, 3.05) is 18.8 Å². The van der Waals surface area contributed by atoms with Crippen LogP contribution in [0.5, 0.6) is 0 Å². The molecule has 0 spiro atoms. The largest absolute Gasteiger partial charge is 0.383 e. The fraction of sp³-hybridized carbons (Fsp3) is 0.444. The van der Waals surface area contributed by atoms with E-state index < -0.39 is 0 Å². The number of nitrogens with zero attached hydrogens (tertiary/aromatic N) is 3. The monoisotopic (exact) mass is 327 g/mol. The smallest absolute Gasteiger partial charge is 0.354 e. The van der Waals surface area contributed by atoms with E-state index in [4.69, 9.17) is 11.5 Å². The lowest BCUT2D eigenvalue weighted by Crippen LogP contribution is -2.46. The molecule has 1 aromatic heterocycles. The zero-order valence-electron chi connectivity index (χ0n) is 14.1. The summed E-state index contributed by atoms with van der Waals surface area (Å²) in [5.41, 5.74) is 13.4. The van der Waals surface area contributed by atoms with Gasteiger partial charge >= 0.3 is 5.69 Å². The van der Waals surface area contributed by atoms with Gasteiger partial charge in [-0.2, -0.15) is 4.98 Å². The maximum Gasteiger partial charge on any atom is 0.354 e. The Morgan fingerprint density at radius 1 is 1.25 bits per heavy atom. The Bertz CT molecular complexity index is 740. The number of nitrogen functional groups attached to an aromatic ring is 1. The van der Waals surface area contributed by atoms with Crippen LogP contribution in [0.15, 0.2) is 41.3 Å². The second kappa shape index (κ2) is 7.15. The summed E-state index contributed by atoms with van der Waals surface area (Å²) in [5.74, 6) is 0.819. The van der Waals surface area contributed by atoms with Crippen LogP contribution in [0.2, 0.25) is 0 Å². The summed E-state index contributed by atoms with van der Waals surface area (Å²) in [6.45, 7) is 5.22. The molecule has 1 aromatic carbocycles. The van der Waals surface area contributed by atoms with Gasteiger partial charge in [0.15, 0.2) is 0 Å². The minimum Gasteiger partial charge on any atom is -0.383 e. The van der Waals surface area contributed by atoms with E-state index in [1.54, 1.807) is 12.3 Å². The average Bonchev–Trinajstić information content (AvgIpc) is 2.57. The maximum absolute atomic E-state index is 11.9. The predicted molar refractivity (Wildman–Crippen MR) is 95.9 cm³/mol. The van der Waals surface area contributed by atoms with Crippen LogP contribution < -0.4 is 17.2 Å². The lowest BCUT2D eigenvalue weighted by atomic mass is 9.90. The molecule has 0 amide bonds. The number of aromatic nitrogens is 2. The van der Waals surface area contributed by atoms with E-state index >= 15 is 0 Å². The molecule has 24 heavy (non-hydrogen) atoms. The topological polar surface area (TPSA) is 90.2 Å².